The Bertz CT molecular complexity index is 1720. The molecule has 0 unspecified atom stereocenters. The quantitative estimate of drug-likeness (QED) is 0.0835. The van der Waals surface area contributed by atoms with E-state index < -0.39 is 5.54 Å². The smallest absolute Gasteiger partial charge is 0.356 e. The molecule has 1 aliphatic heterocycles. The minimum atomic E-state index is -0.609. The number of hydrogen-bond donors (Lipinski definition) is 2. The number of benzene rings is 3. The van der Waals surface area contributed by atoms with Crippen molar-refractivity contribution < 1.29 is 9.53 Å². The maximum absolute atomic E-state index is 13.4. The van der Waals surface area contributed by atoms with Gasteiger partial charge in [0.25, 0.3) is 0 Å². The number of thiophene rings is 1. The van der Waals surface area contributed by atoms with Gasteiger partial charge >= 0.3 is 5.97 Å². The summed E-state index contributed by atoms with van der Waals surface area (Å²) in [5.41, 5.74) is 11.6. The van der Waals surface area contributed by atoms with Gasteiger partial charge in [-0.25, -0.2) is 4.79 Å². The number of carbonyl (C=O) groups is 1. The van der Waals surface area contributed by atoms with Crippen LogP contribution in [0.2, 0.25) is 0 Å². The number of hydrazine groups is 1. The van der Waals surface area contributed by atoms with Crippen molar-refractivity contribution in [2.45, 2.75) is 44.7 Å². The van der Waals surface area contributed by atoms with Gasteiger partial charge in [0.05, 0.1) is 12.3 Å². The van der Waals surface area contributed by atoms with Crippen LogP contribution in [0.25, 0.3) is 5.57 Å². The normalized spacial score (nSPS) is 14.5. The van der Waals surface area contributed by atoms with Crippen molar-refractivity contribution in [3.8, 4) is 0 Å². The minimum Gasteiger partial charge on any atom is -0.461 e. The number of carbonyl (C=O) groups excluding carboxylic acids is 1. The van der Waals surface area contributed by atoms with E-state index in [9.17, 15) is 4.79 Å². The van der Waals surface area contributed by atoms with Gasteiger partial charge < -0.3 is 15.5 Å². The van der Waals surface area contributed by atoms with Crippen molar-refractivity contribution in [3.63, 3.8) is 0 Å². The molecule has 0 atom stereocenters. The zero-order valence-electron chi connectivity index (χ0n) is 26.8. The van der Waals surface area contributed by atoms with Crippen molar-refractivity contribution in [1.29, 1.82) is 0 Å². The molecule has 5 aromatic rings. The summed E-state index contributed by atoms with van der Waals surface area (Å²) < 4.78 is 7.49. The molecule has 2 aromatic heterocycles. The first-order chi connectivity index (χ1) is 23.2. The lowest BCUT2D eigenvalue weighted by atomic mass is 9.76. The second-order valence-electron chi connectivity index (χ2n) is 12.0. The molecule has 7 nitrogen and oxygen atoms in total. The third kappa shape index (κ3) is 6.04. The third-order valence-electron chi connectivity index (χ3n) is 9.21. The molecule has 0 bridgehead atoms. The van der Waals surface area contributed by atoms with Gasteiger partial charge in [0.15, 0.2) is 0 Å². The second-order valence-corrected chi connectivity index (χ2v) is 13.0. The first-order valence-electron chi connectivity index (χ1n) is 16.6. The Labute approximate surface area is 280 Å². The van der Waals surface area contributed by atoms with E-state index in [4.69, 9.17) is 9.84 Å². The van der Waals surface area contributed by atoms with Gasteiger partial charge in [0.2, 0.25) is 0 Å². The van der Waals surface area contributed by atoms with E-state index in [0.29, 0.717) is 25.4 Å². The van der Waals surface area contributed by atoms with E-state index in [1.54, 1.807) is 11.3 Å². The van der Waals surface area contributed by atoms with Crippen molar-refractivity contribution in [2.75, 3.05) is 26.2 Å². The molecule has 3 aromatic carbocycles. The van der Waals surface area contributed by atoms with Gasteiger partial charge in [0, 0.05) is 34.8 Å². The Hall–Kier alpha value is -4.50. The molecule has 7 rings (SSSR count). The summed E-state index contributed by atoms with van der Waals surface area (Å²) in [5.74, 6) is -0.286. The molecule has 240 valence electrons. The van der Waals surface area contributed by atoms with Crippen LogP contribution in [0.5, 0.6) is 0 Å². The SMILES string of the molecule is CCOC(=O)c1c2c(nn1CCCNCCc1cccs1)C1=C(CC2)NN(C(c2ccccc2)(c2ccccc2)c2ccccc2)C1. The van der Waals surface area contributed by atoms with Gasteiger partial charge in [-0.2, -0.15) is 10.1 Å². The summed E-state index contributed by atoms with van der Waals surface area (Å²) in [6.45, 7) is 5.26. The first-order valence-corrected chi connectivity index (χ1v) is 17.5. The van der Waals surface area contributed by atoms with Crippen LogP contribution in [0.15, 0.2) is 114 Å². The fourth-order valence-corrected chi connectivity index (χ4v) is 7.83. The van der Waals surface area contributed by atoms with Crippen molar-refractivity contribution in [1.82, 2.24) is 25.5 Å². The molecule has 0 saturated heterocycles. The standard InChI is InChI=1S/C39H41N5O2S/c1-2-46-38(45)37-33-21-22-35-34(36(33)42-43(37)26-13-24-40-25-23-32-20-12-27-47-32)28-44(41-35)39(29-14-6-3-7-15-29,30-16-8-4-9-17-30)31-18-10-5-11-19-31/h3-12,14-20,27,40-41H,2,13,21-26,28H2,1H3. The van der Waals surface area contributed by atoms with Crippen LogP contribution in [-0.4, -0.2) is 47.0 Å². The molecule has 0 saturated carbocycles. The average molecular weight is 644 g/mol. The molecule has 0 spiro atoms. The summed E-state index contributed by atoms with van der Waals surface area (Å²) in [5, 5.41) is 13.2. The number of fused-ring (bicyclic) bond motifs is 2. The van der Waals surface area contributed by atoms with Crippen LogP contribution in [-0.2, 0) is 29.7 Å². The molecule has 47 heavy (non-hydrogen) atoms. The molecular formula is C39H41N5O2S. The fourth-order valence-electron chi connectivity index (χ4n) is 7.12. The first kappa shape index (κ1) is 31.1. The van der Waals surface area contributed by atoms with Crippen LogP contribution < -0.4 is 10.7 Å². The molecule has 8 heteroatoms. The number of esters is 1. The molecule has 1 aliphatic carbocycles. The Morgan fingerprint density at radius 1 is 0.894 bits per heavy atom. The van der Waals surface area contributed by atoms with E-state index >= 15 is 0 Å². The zero-order chi connectivity index (χ0) is 32.1. The highest BCUT2D eigenvalue weighted by molar-refractivity contribution is 7.09. The van der Waals surface area contributed by atoms with Crippen LogP contribution in [0, 0.1) is 0 Å². The van der Waals surface area contributed by atoms with Crippen molar-refractivity contribution >= 4 is 22.9 Å². The van der Waals surface area contributed by atoms with E-state index in [0.717, 1.165) is 55.6 Å². The lowest BCUT2D eigenvalue weighted by molar-refractivity contribution is 0.0510. The molecule has 0 amide bonds. The number of aromatic nitrogens is 2. The van der Waals surface area contributed by atoms with Gasteiger partial charge in [-0.1, -0.05) is 97.1 Å². The second kappa shape index (κ2) is 14.1. The number of rotatable bonds is 13. The monoisotopic (exact) mass is 643 g/mol. The lowest BCUT2D eigenvalue weighted by Crippen LogP contribution is -2.52. The number of aryl methyl sites for hydroxylation is 1. The number of ether oxygens (including phenoxy) is 1. The number of hydrogen-bond acceptors (Lipinski definition) is 7. The van der Waals surface area contributed by atoms with E-state index in [1.165, 1.54) is 27.3 Å². The van der Waals surface area contributed by atoms with Crippen LogP contribution in [0.1, 0.15) is 63.1 Å². The summed E-state index contributed by atoms with van der Waals surface area (Å²) >= 11 is 1.80. The Balaban J connectivity index is 1.20. The Kier molecular flexibility index (Phi) is 9.33. The topological polar surface area (TPSA) is 71.4 Å². The zero-order valence-corrected chi connectivity index (χ0v) is 27.6. The highest BCUT2D eigenvalue weighted by atomic mass is 32.1. The largest absolute Gasteiger partial charge is 0.461 e. The Morgan fingerprint density at radius 2 is 1.55 bits per heavy atom. The number of nitrogens with zero attached hydrogens (tertiary/aromatic N) is 3. The lowest BCUT2D eigenvalue weighted by Gasteiger charge is -2.43. The van der Waals surface area contributed by atoms with Gasteiger partial charge in [-0.3, -0.25) is 4.68 Å². The summed E-state index contributed by atoms with van der Waals surface area (Å²) in [6.07, 6.45) is 3.43. The predicted molar refractivity (Wildman–Crippen MR) is 188 cm³/mol. The van der Waals surface area contributed by atoms with Crippen LogP contribution in [0.4, 0.5) is 0 Å². The van der Waals surface area contributed by atoms with Crippen LogP contribution in [0.3, 0.4) is 0 Å². The Morgan fingerprint density at radius 3 is 2.15 bits per heavy atom. The molecule has 3 heterocycles. The molecule has 0 fully saturated rings. The minimum absolute atomic E-state index is 0.286. The van der Waals surface area contributed by atoms with Gasteiger partial charge in [-0.15, -0.1) is 11.3 Å². The highest BCUT2D eigenvalue weighted by Gasteiger charge is 2.47. The van der Waals surface area contributed by atoms with Gasteiger partial charge in [-0.05, 0) is 73.8 Å². The molecule has 2 aliphatic rings. The fraction of sp³-hybridized carbons (Fsp3) is 0.282. The van der Waals surface area contributed by atoms with Crippen molar-refractivity contribution in [2.24, 2.45) is 0 Å². The number of nitrogens with one attached hydrogen (secondary N) is 2. The maximum Gasteiger partial charge on any atom is 0.356 e. The van der Waals surface area contributed by atoms with Gasteiger partial charge in [0.1, 0.15) is 11.2 Å². The van der Waals surface area contributed by atoms with E-state index in [1.807, 2.05) is 11.6 Å². The predicted octanol–water partition coefficient (Wildman–Crippen LogP) is 6.81. The molecular weight excluding hydrogens is 603 g/mol. The van der Waals surface area contributed by atoms with E-state index in [-0.39, 0.29) is 5.97 Å². The molecule has 2 N–H and O–H groups in total. The summed E-state index contributed by atoms with van der Waals surface area (Å²) in [4.78, 5) is 14.8. The van der Waals surface area contributed by atoms with Crippen molar-refractivity contribution in [3.05, 3.63) is 153 Å². The highest BCUT2D eigenvalue weighted by Crippen LogP contribution is 2.46. The van der Waals surface area contributed by atoms with E-state index in [2.05, 4.69) is 124 Å². The maximum atomic E-state index is 13.4. The number of allylic oxidation sites excluding steroid dienone is 1. The average Bonchev–Trinajstić information content (AvgIpc) is 3.87. The summed E-state index contributed by atoms with van der Waals surface area (Å²) in [6, 6.07) is 36.5. The third-order valence-corrected chi connectivity index (χ3v) is 10.1. The molecule has 0 radical (unpaired) electrons. The van der Waals surface area contributed by atoms with Crippen LogP contribution >= 0.6 is 11.3 Å². The summed E-state index contributed by atoms with van der Waals surface area (Å²) in [7, 11) is 0.